The van der Waals surface area contributed by atoms with Crippen LogP contribution in [-0.2, 0) is 12.8 Å². The van der Waals surface area contributed by atoms with Gasteiger partial charge in [-0.3, -0.25) is 0 Å². The van der Waals surface area contributed by atoms with Gasteiger partial charge in [0, 0.05) is 17.4 Å². The van der Waals surface area contributed by atoms with E-state index in [2.05, 4.69) is 34.6 Å². The quantitative estimate of drug-likeness (QED) is 0.848. The van der Waals surface area contributed by atoms with E-state index in [0.717, 1.165) is 30.5 Å². The summed E-state index contributed by atoms with van der Waals surface area (Å²) in [4.78, 5) is 4.15. The van der Waals surface area contributed by atoms with Gasteiger partial charge in [-0.15, -0.1) is 0 Å². The fourth-order valence-electron chi connectivity index (χ4n) is 2.88. The highest BCUT2D eigenvalue weighted by atomic mass is 35.5. The average Bonchev–Trinajstić information content (AvgIpc) is 2.86. The maximum absolute atomic E-state index is 6.19. The second-order valence-electron chi connectivity index (χ2n) is 5.10. The highest BCUT2D eigenvalue weighted by molar-refractivity contribution is 6.30. The molecule has 1 heterocycles. The fourth-order valence-corrected chi connectivity index (χ4v) is 3.13. The number of aromatic nitrogens is 1. The molecule has 1 atom stereocenters. The zero-order valence-corrected chi connectivity index (χ0v) is 12.0. The van der Waals surface area contributed by atoms with Crippen LogP contribution in [0, 0.1) is 0 Å². The van der Waals surface area contributed by atoms with Gasteiger partial charge in [0.1, 0.15) is 5.15 Å². The van der Waals surface area contributed by atoms with Gasteiger partial charge in [-0.2, -0.15) is 0 Å². The summed E-state index contributed by atoms with van der Waals surface area (Å²) in [7, 11) is 0. The number of pyridine rings is 1. The molecular formula is C16H18ClN3. The highest BCUT2D eigenvalue weighted by Gasteiger charge is 2.22. The van der Waals surface area contributed by atoms with Gasteiger partial charge in [0.25, 0.3) is 0 Å². The van der Waals surface area contributed by atoms with Crippen molar-refractivity contribution in [2.45, 2.75) is 25.3 Å². The van der Waals surface area contributed by atoms with Crippen LogP contribution in [0.1, 0.15) is 29.2 Å². The number of rotatable bonds is 4. The largest absolute Gasteiger partial charge is 0.378 e. The van der Waals surface area contributed by atoms with Crippen molar-refractivity contribution in [3.05, 3.63) is 58.4 Å². The van der Waals surface area contributed by atoms with Crippen LogP contribution < -0.4 is 11.1 Å². The van der Waals surface area contributed by atoms with E-state index < -0.39 is 0 Å². The molecule has 0 unspecified atom stereocenters. The number of halogens is 1. The van der Waals surface area contributed by atoms with E-state index in [9.17, 15) is 0 Å². The predicted molar refractivity (Wildman–Crippen MR) is 83.1 cm³/mol. The minimum absolute atomic E-state index is 0.348. The summed E-state index contributed by atoms with van der Waals surface area (Å²) in [5.41, 5.74) is 10.6. The van der Waals surface area contributed by atoms with Crippen molar-refractivity contribution >= 4 is 17.3 Å². The molecule has 1 aliphatic rings. The Morgan fingerprint density at radius 1 is 1.30 bits per heavy atom. The molecule has 0 saturated carbocycles. The Bertz CT molecular complexity index is 612. The van der Waals surface area contributed by atoms with Gasteiger partial charge in [0.2, 0.25) is 0 Å². The monoisotopic (exact) mass is 287 g/mol. The molecule has 2 aromatic rings. The van der Waals surface area contributed by atoms with Crippen LogP contribution in [0.2, 0.25) is 5.15 Å². The van der Waals surface area contributed by atoms with Crippen LogP contribution in [0.4, 0.5) is 5.69 Å². The number of aryl methyl sites for hydroxylation is 1. The van der Waals surface area contributed by atoms with Gasteiger partial charge in [-0.05, 0) is 43.0 Å². The van der Waals surface area contributed by atoms with Gasteiger partial charge >= 0.3 is 0 Å². The lowest BCUT2D eigenvalue weighted by molar-refractivity contribution is 0.759. The topological polar surface area (TPSA) is 50.9 Å². The van der Waals surface area contributed by atoms with E-state index in [1.807, 2.05) is 6.07 Å². The van der Waals surface area contributed by atoms with Crippen molar-refractivity contribution in [1.29, 1.82) is 0 Å². The van der Waals surface area contributed by atoms with Crippen LogP contribution in [0.25, 0.3) is 0 Å². The molecule has 1 aromatic carbocycles. The number of nitrogens with two attached hydrogens (primary N) is 1. The maximum atomic E-state index is 6.19. The maximum Gasteiger partial charge on any atom is 0.134 e. The van der Waals surface area contributed by atoms with Crippen molar-refractivity contribution in [2.24, 2.45) is 5.73 Å². The molecule has 3 rings (SSSR count). The number of benzene rings is 1. The van der Waals surface area contributed by atoms with Crippen molar-refractivity contribution in [3.63, 3.8) is 0 Å². The summed E-state index contributed by atoms with van der Waals surface area (Å²) in [5.74, 6) is 0. The standard InChI is InChI=1S/C16H18ClN3/c17-16-13(7-9-18)15(8-10-19-16)20-14-6-5-11-3-1-2-4-12(11)14/h1-4,8,10,14H,5-7,9,18H2,(H,19,20)/t14-/m0/s1. The number of hydrogen-bond donors (Lipinski definition) is 2. The molecule has 3 N–H and O–H groups in total. The van der Waals surface area contributed by atoms with Crippen LogP contribution in [-0.4, -0.2) is 11.5 Å². The Morgan fingerprint density at radius 3 is 3.00 bits per heavy atom. The van der Waals surface area contributed by atoms with Gasteiger partial charge in [-0.1, -0.05) is 35.9 Å². The molecule has 0 amide bonds. The summed E-state index contributed by atoms with van der Waals surface area (Å²) in [5, 5.41) is 4.16. The van der Waals surface area contributed by atoms with E-state index in [1.54, 1.807) is 6.20 Å². The lowest BCUT2D eigenvalue weighted by Crippen LogP contribution is -2.12. The predicted octanol–water partition coefficient (Wildman–Crippen LogP) is 3.34. The lowest BCUT2D eigenvalue weighted by atomic mass is 10.1. The molecule has 1 aromatic heterocycles. The average molecular weight is 288 g/mol. The molecule has 104 valence electrons. The summed E-state index contributed by atoms with van der Waals surface area (Å²) in [6.07, 6.45) is 4.72. The number of nitrogens with zero attached hydrogens (tertiary/aromatic N) is 1. The Labute approximate surface area is 124 Å². The molecule has 1 aliphatic carbocycles. The summed E-state index contributed by atoms with van der Waals surface area (Å²) >= 11 is 6.19. The third-order valence-corrected chi connectivity index (χ3v) is 4.19. The zero-order valence-electron chi connectivity index (χ0n) is 11.3. The van der Waals surface area contributed by atoms with Crippen molar-refractivity contribution in [2.75, 3.05) is 11.9 Å². The molecule has 0 radical (unpaired) electrons. The van der Waals surface area contributed by atoms with Crippen molar-refractivity contribution in [3.8, 4) is 0 Å². The minimum Gasteiger partial charge on any atom is -0.378 e. The molecule has 4 heteroatoms. The Hall–Kier alpha value is -1.58. The van der Waals surface area contributed by atoms with Crippen molar-refractivity contribution < 1.29 is 0 Å². The molecule has 0 spiro atoms. The molecule has 0 fully saturated rings. The highest BCUT2D eigenvalue weighted by Crippen LogP contribution is 2.35. The summed E-state index contributed by atoms with van der Waals surface area (Å²) in [6.45, 7) is 0.571. The first-order valence-corrected chi connectivity index (χ1v) is 7.35. The van der Waals surface area contributed by atoms with Gasteiger partial charge in [0.15, 0.2) is 0 Å². The van der Waals surface area contributed by atoms with E-state index in [0.29, 0.717) is 17.7 Å². The zero-order chi connectivity index (χ0) is 13.9. The molecule has 20 heavy (non-hydrogen) atoms. The number of hydrogen-bond acceptors (Lipinski definition) is 3. The normalized spacial score (nSPS) is 17.0. The Balaban J connectivity index is 1.88. The molecule has 0 aliphatic heterocycles. The number of nitrogens with one attached hydrogen (secondary N) is 1. The fraction of sp³-hybridized carbons (Fsp3) is 0.312. The molecule has 0 saturated heterocycles. The van der Waals surface area contributed by atoms with Crippen molar-refractivity contribution in [1.82, 2.24) is 4.98 Å². The van der Waals surface area contributed by atoms with E-state index in [1.165, 1.54) is 11.1 Å². The number of fused-ring (bicyclic) bond motifs is 1. The third kappa shape index (κ3) is 2.51. The van der Waals surface area contributed by atoms with Gasteiger partial charge in [0.05, 0.1) is 6.04 Å². The SMILES string of the molecule is NCCc1c(N[C@H]2CCc3ccccc32)ccnc1Cl. The first-order valence-electron chi connectivity index (χ1n) is 6.97. The first-order chi connectivity index (χ1) is 9.79. The Kier molecular flexibility index (Phi) is 3.90. The lowest BCUT2D eigenvalue weighted by Gasteiger charge is -2.18. The minimum atomic E-state index is 0.348. The Morgan fingerprint density at radius 2 is 2.15 bits per heavy atom. The van der Waals surface area contributed by atoms with Crippen LogP contribution in [0.3, 0.4) is 0 Å². The molecule has 0 bridgehead atoms. The smallest absolute Gasteiger partial charge is 0.134 e. The second-order valence-corrected chi connectivity index (χ2v) is 5.46. The van der Waals surface area contributed by atoms with Gasteiger partial charge in [-0.25, -0.2) is 4.98 Å². The third-order valence-electron chi connectivity index (χ3n) is 3.86. The first kappa shape index (κ1) is 13.4. The molecule has 3 nitrogen and oxygen atoms in total. The van der Waals surface area contributed by atoms with Crippen LogP contribution >= 0.6 is 11.6 Å². The van der Waals surface area contributed by atoms with E-state index in [4.69, 9.17) is 17.3 Å². The van der Waals surface area contributed by atoms with Crippen LogP contribution in [0.5, 0.6) is 0 Å². The summed E-state index contributed by atoms with van der Waals surface area (Å²) < 4.78 is 0. The summed E-state index contributed by atoms with van der Waals surface area (Å²) in [6, 6.07) is 10.9. The van der Waals surface area contributed by atoms with Crippen LogP contribution in [0.15, 0.2) is 36.5 Å². The van der Waals surface area contributed by atoms with E-state index in [-0.39, 0.29) is 0 Å². The molecular weight excluding hydrogens is 270 g/mol. The second kappa shape index (κ2) is 5.81. The number of anilines is 1. The van der Waals surface area contributed by atoms with Gasteiger partial charge < -0.3 is 11.1 Å². The van der Waals surface area contributed by atoms with E-state index >= 15 is 0 Å².